The Kier molecular flexibility index (Phi) is 39.4. The zero-order valence-electron chi connectivity index (χ0n) is 53.6. The Morgan fingerprint density at radius 3 is 1.25 bits per heavy atom. The Hall–Kier alpha value is -3.92. The molecule has 446 valence electrons. The minimum Gasteiger partial charge on any atom is -0.462 e. The van der Waals surface area contributed by atoms with E-state index in [9.17, 15) is 9.59 Å². The first kappa shape index (κ1) is 71.2. The van der Waals surface area contributed by atoms with E-state index in [0.717, 1.165) is 44.9 Å². The van der Waals surface area contributed by atoms with Crippen LogP contribution in [0.3, 0.4) is 0 Å². The number of unbranched alkanes of at least 4 members (excludes halogenated alkanes) is 27. The molecule has 0 aromatic rings. The van der Waals surface area contributed by atoms with Gasteiger partial charge in [-0.25, -0.2) is 0 Å². The number of allylic oxidation sites excluding steroid dienone is 20. The molecule has 2 aliphatic carbocycles. The van der Waals surface area contributed by atoms with E-state index in [0.29, 0.717) is 18.8 Å². The average Bonchev–Trinajstić information content (AvgIpc) is 3.42. The second-order valence-electron chi connectivity index (χ2n) is 25.7. The summed E-state index contributed by atoms with van der Waals surface area (Å²) in [5, 5.41) is 0. The van der Waals surface area contributed by atoms with E-state index in [1.165, 1.54) is 200 Å². The maximum absolute atomic E-state index is 12.8. The predicted molar refractivity (Wildman–Crippen MR) is 346 cm³/mol. The van der Waals surface area contributed by atoms with Crippen LogP contribution in [0.4, 0.5) is 0 Å². The van der Waals surface area contributed by atoms with Gasteiger partial charge in [-0.3, -0.25) is 9.59 Å². The zero-order valence-corrected chi connectivity index (χ0v) is 53.6. The van der Waals surface area contributed by atoms with Crippen molar-refractivity contribution in [2.75, 3.05) is 0 Å². The van der Waals surface area contributed by atoms with Crippen molar-refractivity contribution in [3.63, 3.8) is 0 Å². The number of carbonyl (C=O) groups is 2. The van der Waals surface area contributed by atoms with Crippen molar-refractivity contribution < 1.29 is 19.1 Å². The Bertz CT molecular complexity index is 2030. The average molecular weight is 1090 g/mol. The van der Waals surface area contributed by atoms with Gasteiger partial charge in [-0.15, -0.1) is 0 Å². The summed E-state index contributed by atoms with van der Waals surface area (Å²) in [5.74, 6) is 0.226. The standard InChI is InChI=1S/C75H122O4/c1-13-15-17-19-21-23-25-27-29-31-33-35-37-39-41-53-73(77)79-69-59-67(8)71(75(11,12)61-69)57-55-65(6)51-45-49-63(4)47-43-42-46-62(3)48-44-50-64(5)54-56-70-66(7)58-68(60-74(70,9)10)78-72(76)52-40-38-36-34-32-30-28-26-24-22-20-18-16-14-2/h42-51,54-58,68-70H,13-41,52-53,59-61H2,1-12H3/b43-42+,48-44+,49-45+,56-54+,57-55+,62-46+,63-47+,64-50+,65-51+/t68-,69?,70?/m0/s1. The molecule has 0 N–H and O–H groups in total. The third-order valence-electron chi connectivity index (χ3n) is 16.6. The fraction of sp³-hybridized carbons (Fsp3) is 0.680. The number of hydrogen-bond donors (Lipinski definition) is 0. The summed E-state index contributed by atoms with van der Waals surface area (Å²) in [6.07, 6.45) is 74.3. The summed E-state index contributed by atoms with van der Waals surface area (Å²) >= 11 is 0. The summed E-state index contributed by atoms with van der Waals surface area (Å²) in [5.41, 5.74) is 8.65. The highest BCUT2D eigenvalue weighted by Gasteiger charge is 2.37. The fourth-order valence-corrected chi connectivity index (χ4v) is 11.8. The van der Waals surface area contributed by atoms with Crippen LogP contribution in [0, 0.1) is 16.7 Å². The van der Waals surface area contributed by atoms with Crippen molar-refractivity contribution in [1.29, 1.82) is 0 Å². The van der Waals surface area contributed by atoms with E-state index in [4.69, 9.17) is 9.47 Å². The fourth-order valence-electron chi connectivity index (χ4n) is 11.8. The molecule has 4 nitrogen and oxygen atoms in total. The summed E-state index contributed by atoms with van der Waals surface area (Å²) in [4.78, 5) is 25.6. The lowest BCUT2D eigenvalue weighted by Crippen LogP contribution is -2.34. The Morgan fingerprint density at radius 1 is 0.481 bits per heavy atom. The number of hydrogen-bond acceptors (Lipinski definition) is 4. The first-order chi connectivity index (χ1) is 38.0. The number of rotatable bonds is 43. The molecule has 4 heteroatoms. The molecule has 0 saturated heterocycles. The molecule has 0 spiro atoms. The van der Waals surface area contributed by atoms with Crippen molar-refractivity contribution in [1.82, 2.24) is 0 Å². The third-order valence-corrected chi connectivity index (χ3v) is 16.6. The molecule has 0 fully saturated rings. The van der Waals surface area contributed by atoms with Crippen molar-refractivity contribution in [3.8, 4) is 0 Å². The van der Waals surface area contributed by atoms with Crippen LogP contribution in [-0.2, 0) is 19.1 Å². The Morgan fingerprint density at radius 2 is 0.848 bits per heavy atom. The van der Waals surface area contributed by atoms with Gasteiger partial charge >= 0.3 is 11.9 Å². The van der Waals surface area contributed by atoms with Crippen LogP contribution in [0.5, 0.6) is 0 Å². The molecule has 0 aromatic carbocycles. The highest BCUT2D eigenvalue weighted by Crippen LogP contribution is 2.44. The van der Waals surface area contributed by atoms with Crippen LogP contribution in [0.25, 0.3) is 0 Å². The highest BCUT2D eigenvalue weighted by molar-refractivity contribution is 5.70. The first-order valence-corrected chi connectivity index (χ1v) is 32.8. The summed E-state index contributed by atoms with van der Waals surface area (Å²) in [6.45, 7) is 26.7. The minimum absolute atomic E-state index is 0.00589. The molecule has 3 atom stereocenters. The van der Waals surface area contributed by atoms with Crippen molar-refractivity contribution in [3.05, 3.63) is 130 Å². The SMILES string of the molecule is CCCCCCCCCCCCCCCCCC(=O)OC1CC(C)=C(/C=C/C(C)=C/C=C/C(C)=C/C=C/C=C(C)/C=C/C=C(C)/C=C/C2C(C)=C[C@H](OC(=O)CCCCCCCCCCCCCCCC)CC2(C)C)C(C)(C)C1. The Balaban J connectivity index is 1.70. The van der Waals surface area contributed by atoms with Gasteiger partial charge in [0.25, 0.3) is 0 Å². The van der Waals surface area contributed by atoms with E-state index in [1.54, 1.807) is 0 Å². The molecule has 0 aliphatic heterocycles. The van der Waals surface area contributed by atoms with Crippen LogP contribution in [0.15, 0.2) is 130 Å². The van der Waals surface area contributed by atoms with Gasteiger partial charge in [0.1, 0.15) is 12.2 Å². The number of carbonyl (C=O) groups excluding carboxylic acids is 2. The molecular weight excluding hydrogens is 965 g/mol. The van der Waals surface area contributed by atoms with Crippen LogP contribution >= 0.6 is 0 Å². The van der Waals surface area contributed by atoms with E-state index >= 15 is 0 Å². The molecule has 0 saturated carbocycles. The van der Waals surface area contributed by atoms with E-state index in [-0.39, 0.29) is 35.0 Å². The van der Waals surface area contributed by atoms with Gasteiger partial charge in [-0.05, 0) is 89.7 Å². The second-order valence-corrected chi connectivity index (χ2v) is 25.7. The molecular formula is C75H122O4. The molecule has 79 heavy (non-hydrogen) atoms. The van der Waals surface area contributed by atoms with Gasteiger partial charge in [0, 0.05) is 25.2 Å². The second kappa shape index (κ2) is 43.8. The van der Waals surface area contributed by atoms with Gasteiger partial charge in [0.05, 0.1) is 0 Å². The normalized spacial score (nSPS) is 19.5. The summed E-state index contributed by atoms with van der Waals surface area (Å²) < 4.78 is 12.1. The van der Waals surface area contributed by atoms with Gasteiger partial charge in [-0.2, -0.15) is 0 Å². The van der Waals surface area contributed by atoms with Crippen LogP contribution in [0.1, 0.15) is 301 Å². The van der Waals surface area contributed by atoms with Gasteiger partial charge < -0.3 is 9.47 Å². The molecule has 0 amide bonds. The van der Waals surface area contributed by atoms with Gasteiger partial charge in [0.2, 0.25) is 0 Å². The van der Waals surface area contributed by atoms with Gasteiger partial charge in [0.15, 0.2) is 0 Å². The van der Waals surface area contributed by atoms with Crippen LogP contribution in [-0.4, -0.2) is 24.1 Å². The van der Waals surface area contributed by atoms with Crippen molar-refractivity contribution in [2.24, 2.45) is 16.7 Å². The number of esters is 2. The summed E-state index contributed by atoms with van der Waals surface area (Å²) in [7, 11) is 0. The van der Waals surface area contributed by atoms with Crippen molar-refractivity contribution >= 4 is 11.9 Å². The lowest BCUT2D eigenvalue weighted by Gasteiger charge is -2.40. The third kappa shape index (κ3) is 35.5. The Labute approximate surface area is 489 Å². The monoisotopic (exact) mass is 1090 g/mol. The van der Waals surface area contributed by atoms with E-state index in [2.05, 4.69) is 174 Å². The largest absolute Gasteiger partial charge is 0.462 e. The molecule has 0 heterocycles. The smallest absolute Gasteiger partial charge is 0.306 e. The lowest BCUT2D eigenvalue weighted by atomic mass is 9.67. The minimum atomic E-state index is -0.143. The maximum Gasteiger partial charge on any atom is 0.306 e. The van der Waals surface area contributed by atoms with E-state index < -0.39 is 0 Å². The molecule has 2 aliphatic rings. The molecule has 2 unspecified atom stereocenters. The van der Waals surface area contributed by atoms with Crippen LogP contribution in [0.2, 0.25) is 0 Å². The molecule has 0 bridgehead atoms. The molecule has 2 rings (SSSR count). The van der Waals surface area contributed by atoms with Crippen molar-refractivity contribution in [2.45, 2.75) is 314 Å². The number of ether oxygens (including phenoxy) is 2. The topological polar surface area (TPSA) is 52.6 Å². The molecule has 0 aromatic heterocycles. The predicted octanol–water partition coefficient (Wildman–Crippen LogP) is 23.6. The van der Waals surface area contributed by atoms with Crippen LogP contribution < -0.4 is 0 Å². The zero-order chi connectivity index (χ0) is 58.0. The summed E-state index contributed by atoms with van der Waals surface area (Å²) in [6, 6.07) is 0. The molecule has 0 radical (unpaired) electrons. The highest BCUT2D eigenvalue weighted by atomic mass is 16.5. The van der Waals surface area contributed by atoms with Gasteiger partial charge in [-0.1, -0.05) is 333 Å². The quantitative estimate of drug-likeness (QED) is 0.0264. The van der Waals surface area contributed by atoms with E-state index in [1.807, 2.05) is 0 Å². The maximum atomic E-state index is 12.8. The lowest BCUT2D eigenvalue weighted by molar-refractivity contribution is -0.151. The first-order valence-electron chi connectivity index (χ1n) is 32.8.